The molecule has 0 atom stereocenters. The van der Waals surface area contributed by atoms with Crippen LogP contribution in [0.25, 0.3) is 11.0 Å². The van der Waals surface area contributed by atoms with Crippen molar-refractivity contribution < 1.29 is 0 Å². The van der Waals surface area contributed by atoms with Gasteiger partial charge in [-0.05, 0) is 56.3 Å². The molecule has 0 fully saturated rings. The van der Waals surface area contributed by atoms with Gasteiger partial charge in [0.1, 0.15) is 0 Å². The lowest BCUT2D eigenvalue weighted by molar-refractivity contribution is 0.277. The minimum atomic E-state index is 0.827. The van der Waals surface area contributed by atoms with Gasteiger partial charge < -0.3 is 14.5 Å². The summed E-state index contributed by atoms with van der Waals surface area (Å²) >= 11 is 5.44. The van der Waals surface area contributed by atoms with E-state index in [-0.39, 0.29) is 0 Å². The summed E-state index contributed by atoms with van der Waals surface area (Å²) in [5.41, 5.74) is 3.63. The number of aromatic nitrogens is 2. The van der Waals surface area contributed by atoms with Crippen LogP contribution in [0.5, 0.6) is 0 Å². The summed E-state index contributed by atoms with van der Waals surface area (Å²) < 4.78 is 3.05. The van der Waals surface area contributed by atoms with Crippen LogP contribution in [0.1, 0.15) is 25.8 Å². The largest absolute Gasteiger partial charge is 0.331 e. The van der Waals surface area contributed by atoms with Gasteiger partial charge in [-0.1, -0.05) is 19.9 Å². The number of nitrogens with zero attached hydrogens (tertiary/aromatic N) is 2. The molecule has 1 heterocycles. The van der Waals surface area contributed by atoms with Gasteiger partial charge in [0, 0.05) is 13.1 Å². The van der Waals surface area contributed by atoms with E-state index in [1.165, 1.54) is 17.5 Å². The number of aromatic amines is 1. The Hall–Kier alpha value is -1.13. The van der Waals surface area contributed by atoms with E-state index in [4.69, 9.17) is 12.2 Å². The number of hydrogen-bond donors (Lipinski definition) is 1. The van der Waals surface area contributed by atoms with E-state index in [2.05, 4.69) is 53.4 Å². The highest BCUT2D eigenvalue weighted by atomic mass is 32.1. The molecule has 1 N–H and O–H groups in total. The maximum Gasteiger partial charge on any atom is 0.178 e. The second-order valence-corrected chi connectivity index (χ2v) is 5.42. The fourth-order valence-corrected chi connectivity index (χ4v) is 2.77. The summed E-state index contributed by atoms with van der Waals surface area (Å²) in [6.07, 6.45) is 1.20. The zero-order chi connectivity index (χ0) is 13.8. The summed E-state index contributed by atoms with van der Waals surface area (Å²) in [5.74, 6) is 0. The van der Waals surface area contributed by atoms with Crippen LogP contribution >= 0.6 is 12.2 Å². The molecule has 3 nitrogen and oxygen atoms in total. The van der Waals surface area contributed by atoms with Crippen LogP contribution in [0.4, 0.5) is 0 Å². The molecule has 0 aliphatic heterocycles. The number of hydrogen-bond acceptors (Lipinski definition) is 2. The molecular formula is C15H23N3S. The van der Waals surface area contributed by atoms with Crippen molar-refractivity contribution in [3.05, 3.63) is 28.5 Å². The monoisotopic (exact) mass is 277 g/mol. The summed E-state index contributed by atoms with van der Waals surface area (Å²) in [6.45, 7) is 10.8. The number of fused-ring (bicyclic) bond motifs is 1. The van der Waals surface area contributed by atoms with Gasteiger partial charge in [-0.25, -0.2) is 0 Å². The molecule has 2 aromatic rings. The molecule has 1 aromatic heterocycles. The third-order valence-corrected chi connectivity index (χ3v) is 3.88. The zero-order valence-corrected chi connectivity index (χ0v) is 12.9. The van der Waals surface area contributed by atoms with Crippen molar-refractivity contribution in [3.8, 4) is 0 Å². The van der Waals surface area contributed by atoms with Gasteiger partial charge >= 0.3 is 0 Å². The first-order valence-electron chi connectivity index (χ1n) is 7.07. The number of benzene rings is 1. The van der Waals surface area contributed by atoms with E-state index >= 15 is 0 Å². The molecule has 0 spiro atoms. The van der Waals surface area contributed by atoms with Gasteiger partial charge in [-0.15, -0.1) is 0 Å². The molecule has 0 saturated carbocycles. The summed E-state index contributed by atoms with van der Waals surface area (Å²) in [6, 6.07) is 6.44. The Morgan fingerprint density at radius 1 is 1.26 bits per heavy atom. The first-order valence-corrected chi connectivity index (χ1v) is 7.48. The van der Waals surface area contributed by atoms with E-state index in [9.17, 15) is 0 Å². The summed E-state index contributed by atoms with van der Waals surface area (Å²) in [4.78, 5) is 5.76. The van der Waals surface area contributed by atoms with Gasteiger partial charge in [0.25, 0.3) is 0 Å². The number of nitrogens with one attached hydrogen (secondary N) is 1. The highest BCUT2D eigenvalue weighted by Crippen LogP contribution is 2.16. The maximum absolute atomic E-state index is 5.44. The Kier molecular flexibility index (Phi) is 4.77. The third kappa shape index (κ3) is 3.25. The molecule has 0 aliphatic rings. The predicted molar refractivity (Wildman–Crippen MR) is 84.3 cm³/mol. The lowest BCUT2D eigenvalue weighted by atomic mass is 10.2. The Bertz CT molecular complexity index is 597. The van der Waals surface area contributed by atoms with Crippen molar-refractivity contribution in [2.45, 2.75) is 33.7 Å². The Morgan fingerprint density at radius 2 is 2.05 bits per heavy atom. The SMILES string of the molecule is CCCN(CC)CCn1c(=S)[nH]c2ccc(C)cc21. The first kappa shape index (κ1) is 14.3. The lowest BCUT2D eigenvalue weighted by Crippen LogP contribution is -2.28. The van der Waals surface area contributed by atoms with Crippen LogP contribution in [-0.4, -0.2) is 34.1 Å². The number of aryl methyl sites for hydroxylation is 1. The molecule has 0 unspecified atom stereocenters. The fourth-order valence-electron chi connectivity index (χ4n) is 2.47. The fraction of sp³-hybridized carbons (Fsp3) is 0.533. The normalized spacial score (nSPS) is 11.6. The quantitative estimate of drug-likeness (QED) is 0.813. The van der Waals surface area contributed by atoms with Crippen molar-refractivity contribution in [2.24, 2.45) is 0 Å². The van der Waals surface area contributed by atoms with Crippen molar-refractivity contribution in [1.82, 2.24) is 14.5 Å². The van der Waals surface area contributed by atoms with Crippen LogP contribution in [0, 0.1) is 11.7 Å². The van der Waals surface area contributed by atoms with Crippen molar-refractivity contribution >= 4 is 23.3 Å². The van der Waals surface area contributed by atoms with Crippen LogP contribution < -0.4 is 0 Å². The minimum absolute atomic E-state index is 0.827. The van der Waals surface area contributed by atoms with Gasteiger partial charge in [0.2, 0.25) is 0 Å². The highest BCUT2D eigenvalue weighted by Gasteiger charge is 2.06. The lowest BCUT2D eigenvalue weighted by Gasteiger charge is -2.19. The average Bonchev–Trinajstić information content (AvgIpc) is 2.70. The number of rotatable bonds is 6. The van der Waals surface area contributed by atoms with E-state index in [1.807, 2.05) is 0 Å². The molecule has 4 heteroatoms. The average molecular weight is 277 g/mol. The van der Waals surface area contributed by atoms with Crippen LogP contribution in [-0.2, 0) is 6.54 Å². The highest BCUT2D eigenvalue weighted by molar-refractivity contribution is 7.71. The molecule has 0 aliphatic carbocycles. The van der Waals surface area contributed by atoms with Crippen molar-refractivity contribution in [2.75, 3.05) is 19.6 Å². The molecule has 0 amide bonds. The predicted octanol–water partition coefficient (Wildman–Crippen LogP) is 3.74. The minimum Gasteiger partial charge on any atom is -0.331 e. The van der Waals surface area contributed by atoms with Crippen molar-refractivity contribution in [3.63, 3.8) is 0 Å². The van der Waals surface area contributed by atoms with Crippen LogP contribution in [0.15, 0.2) is 18.2 Å². The smallest absolute Gasteiger partial charge is 0.178 e. The molecular weight excluding hydrogens is 254 g/mol. The molecule has 0 bridgehead atoms. The van der Waals surface area contributed by atoms with Crippen molar-refractivity contribution in [1.29, 1.82) is 0 Å². The third-order valence-electron chi connectivity index (χ3n) is 3.56. The van der Waals surface area contributed by atoms with E-state index < -0.39 is 0 Å². The topological polar surface area (TPSA) is 24.0 Å². The Morgan fingerprint density at radius 3 is 2.74 bits per heavy atom. The Balaban J connectivity index is 2.22. The van der Waals surface area contributed by atoms with E-state index in [0.29, 0.717) is 0 Å². The Labute approximate surface area is 120 Å². The zero-order valence-electron chi connectivity index (χ0n) is 12.1. The standard InChI is InChI=1S/C15H23N3S/c1-4-8-17(5-2)9-10-18-14-11-12(3)6-7-13(14)16-15(18)19/h6-7,11H,4-5,8-10H2,1-3H3,(H,16,19). The molecule has 104 valence electrons. The number of likely N-dealkylation sites (N-methyl/N-ethyl adjacent to an activating group) is 1. The number of imidazole rings is 1. The van der Waals surface area contributed by atoms with E-state index in [0.717, 1.165) is 36.5 Å². The van der Waals surface area contributed by atoms with Gasteiger partial charge in [-0.2, -0.15) is 0 Å². The second-order valence-electron chi connectivity index (χ2n) is 5.04. The van der Waals surface area contributed by atoms with E-state index in [1.54, 1.807) is 0 Å². The van der Waals surface area contributed by atoms with Crippen LogP contribution in [0.3, 0.4) is 0 Å². The molecule has 1 aromatic carbocycles. The summed E-state index contributed by atoms with van der Waals surface area (Å²) in [5, 5.41) is 0. The van der Waals surface area contributed by atoms with Gasteiger partial charge in [0.05, 0.1) is 11.0 Å². The molecule has 0 saturated heterocycles. The summed E-state index contributed by atoms with van der Waals surface area (Å²) in [7, 11) is 0. The first-order chi connectivity index (χ1) is 9.15. The molecule has 2 rings (SSSR count). The molecule has 19 heavy (non-hydrogen) atoms. The second kappa shape index (κ2) is 6.35. The van der Waals surface area contributed by atoms with Gasteiger partial charge in [0.15, 0.2) is 4.77 Å². The number of H-pyrrole nitrogens is 1. The van der Waals surface area contributed by atoms with Gasteiger partial charge in [-0.3, -0.25) is 0 Å². The molecule has 0 radical (unpaired) electrons. The maximum atomic E-state index is 5.44. The van der Waals surface area contributed by atoms with Crippen LogP contribution in [0.2, 0.25) is 0 Å².